The Kier molecular flexibility index (Phi) is 5.47. The summed E-state index contributed by atoms with van der Waals surface area (Å²) in [5, 5.41) is 9.79. The number of rotatable bonds is 6. The SMILES string of the molecule is CCOC(=O)c1cn(Cc2ccc(OC)cc2OC)c(=O)cc1O. The second-order valence-corrected chi connectivity index (χ2v) is 4.94. The van der Waals surface area contributed by atoms with Crippen LogP contribution in [0.3, 0.4) is 0 Å². The summed E-state index contributed by atoms with van der Waals surface area (Å²) in [6, 6.07) is 6.20. The summed E-state index contributed by atoms with van der Waals surface area (Å²) in [5.41, 5.74) is 0.211. The third-order valence-corrected chi connectivity index (χ3v) is 3.43. The molecular weight excluding hydrogens is 314 g/mol. The molecule has 128 valence electrons. The third kappa shape index (κ3) is 3.68. The first-order valence-electron chi connectivity index (χ1n) is 7.31. The molecule has 1 heterocycles. The topological polar surface area (TPSA) is 87.0 Å². The van der Waals surface area contributed by atoms with Crippen molar-refractivity contribution in [3.05, 3.63) is 51.9 Å². The number of esters is 1. The van der Waals surface area contributed by atoms with Gasteiger partial charge < -0.3 is 23.9 Å². The molecule has 7 nitrogen and oxygen atoms in total. The molecule has 0 unspecified atom stereocenters. The van der Waals surface area contributed by atoms with E-state index in [4.69, 9.17) is 14.2 Å². The summed E-state index contributed by atoms with van der Waals surface area (Å²) in [6.45, 7) is 2.00. The molecule has 2 aromatic rings. The lowest BCUT2D eigenvalue weighted by Gasteiger charge is -2.13. The number of ether oxygens (including phenoxy) is 3. The van der Waals surface area contributed by atoms with Crippen molar-refractivity contribution in [2.45, 2.75) is 13.5 Å². The van der Waals surface area contributed by atoms with Gasteiger partial charge >= 0.3 is 5.97 Å². The maximum atomic E-state index is 12.1. The van der Waals surface area contributed by atoms with Crippen LogP contribution in [0.4, 0.5) is 0 Å². The van der Waals surface area contributed by atoms with E-state index in [2.05, 4.69) is 0 Å². The lowest BCUT2D eigenvalue weighted by molar-refractivity contribution is 0.0522. The average molecular weight is 333 g/mol. The Bertz CT molecular complexity index is 796. The molecule has 1 aromatic carbocycles. The predicted octanol–water partition coefficient (Wildman–Crippen LogP) is 1.80. The molecule has 0 radical (unpaired) electrons. The Balaban J connectivity index is 2.41. The van der Waals surface area contributed by atoms with Gasteiger partial charge in [0.05, 0.1) is 27.4 Å². The molecule has 2 rings (SSSR count). The highest BCUT2D eigenvalue weighted by Crippen LogP contribution is 2.25. The predicted molar refractivity (Wildman–Crippen MR) is 87.0 cm³/mol. The summed E-state index contributed by atoms with van der Waals surface area (Å²) >= 11 is 0. The fraction of sp³-hybridized carbons (Fsp3) is 0.294. The van der Waals surface area contributed by atoms with E-state index in [1.54, 1.807) is 32.2 Å². The van der Waals surface area contributed by atoms with Crippen LogP contribution in [0.5, 0.6) is 17.2 Å². The number of hydrogen-bond donors (Lipinski definition) is 1. The lowest BCUT2D eigenvalue weighted by Crippen LogP contribution is -2.22. The molecule has 1 N–H and O–H groups in total. The molecule has 0 saturated heterocycles. The van der Waals surface area contributed by atoms with Crippen LogP contribution in [-0.4, -0.2) is 36.5 Å². The smallest absolute Gasteiger partial charge is 0.343 e. The molecule has 7 heteroatoms. The Hall–Kier alpha value is -2.96. The number of aromatic nitrogens is 1. The van der Waals surface area contributed by atoms with Crippen molar-refractivity contribution in [2.75, 3.05) is 20.8 Å². The zero-order chi connectivity index (χ0) is 17.7. The van der Waals surface area contributed by atoms with Gasteiger partial charge in [0.1, 0.15) is 22.8 Å². The van der Waals surface area contributed by atoms with E-state index in [0.717, 1.165) is 11.6 Å². The van der Waals surface area contributed by atoms with E-state index in [9.17, 15) is 14.7 Å². The quantitative estimate of drug-likeness (QED) is 0.811. The largest absolute Gasteiger partial charge is 0.507 e. The summed E-state index contributed by atoms with van der Waals surface area (Å²) < 4.78 is 16.6. The molecule has 0 spiro atoms. The van der Waals surface area contributed by atoms with Crippen molar-refractivity contribution in [1.82, 2.24) is 4.57 Å². The van der Waals surface area contributed by atoms with E-state index in [0.29, 0.717) is 11.5 Å². The highest BCUT2D eigenvalue weighted by molar-refractivity contribution is 5.91. The van der Waals surface area contributed by atoms with E-state index in [1.807, 2.05) is 0 Å². The van der Waals surface area contributed by atoms with Crippen LogP contribution in [0.25, 0.3) is 0 Å². The molecule has 1 aromatic heterocycles. The number of carbonyl (C=O) groups is 1. The molecule has 0 saturated carbocycles. The maximum Gasteiger partial charge on any atom is 0.343 e. The fourth-order valence-electron chi connectivity index (χ4n) is 2.22. The molecule has 0 atom stereocenters. The van der Waals surface area contributed by atoms with Crippen molar-refractivity contribution in [3.63, 3.8) is 0 Å². The van der Waals surface area contributed by atoms with Crippen LogP contribution in [-0.2, 0) is 11.3 Å². The molecule has 0 bridgehead atoms. The zero-order valence-electron chi connectivity index (χ0n) is 13.7. The fourth-order valence-corrected chi connectivity index (χ4v) is 2.22. The molecule has 0 aliphatic rings. The standard InChI is InChI=1S/C17H19NO6/c1-4-24-17(21)13-10-18(16(20)8-14(13)19)9-11-5-6-12(22-2)7-15(11)23-3/h5-8,10,19H,4,9H2,1-3H3. The van der Waals surface area contributed by atoms with Crippen LogP contribution in [0.1, 0.15) is 22.8 Å². The van der Waals surface area contributed by atoms with Crippen molar-refractivity contribution in [1.29, 1.82) is 0 Å². The second kappa shape index (κ2) is 7.54. The Morgan fingerprint density at radius 3 is 2.58 bits per heavy atom. The van der Waals surface area contributed by atoms with Gasteiger partial charge in [-0.2, -0.15) is 0 Å². The summed E-state index contributed by atoms with van der Waals surface area (Å²) in [7, 11) is 3.06. The van der Waals surface area contributed by atoms with Crippen molar-refractivity contribution >= 4 is 5.97 Å². The average Bonchev–Trinajstić information content (AvgIpc) is 2.57. The van der Waals surface area contributed by atoms with Gasteiger partial charge in [-0.3, -0.25) is 4.79 Å². The molecule has 24 heavy (non-hydrogen) atoms. The van der Waals surface area contributed by atoms with Crippen LogP contribution in [0.2, 0.25) is 0 Å². The van der Waals surface area contributed by atoms with Gasteiger partial charge in [-0.1, -0.05) is 0 Å². The van der Waals surface area contributed by atoms with Crippen LogP contribution in [0, 0.1) is 0 Å². The first-order valence-corrected chi connectivity index (χ1v) is 7.31. The van der Waals surface area contributed by atoms with Gasteiger partial charge in [-0.15, -0.1) is 0 Å². The number of hydrogen-bond acceptors (Lipinski definition) is 6. The number of carbonyl (C=O) groups excluding carboxylic acids is 1. The first-order chi connectivity index (χ1) is 11.5. The highest BCUT2D eigenvalue weighted by atomic mass is 16.5. The van der Waals surface area contributed by atoms with Gasteiger partial charge in [-0.25, -0.2) is 4.79 Å². The molecule has 0 aliphatic carbocycles. The molecular formula is C17H19NO6. The van der Waals surface area contributed by atoms with Gasteiger partial charge in [0.25, 0.3) is 5.56 Å². The summed E-state index contributed by atoms with van der Waals surface area (Å²) in [6.07, 6.45) is 1.28. The van der Waals surface area contributed by atoms with Crippen molar-refractivity contribution in [2.24, 2.45) is 0 Å². The highest BCUT2D eigenvalue weighted by Gasteiger charge is 2.16. The van der Waals surface area contributed by atoms with Gasteiger partial charge in [0, 0.05) is 23.9 Å². The van der Waals surface area contributed by atoms with Gasteiger partial charge in [-0.05, 0) is 19.1 Å². The minimum atomic E-state index is -0.689. The van der Waals surface area contributed by atoms with Gasteiger partial charge in [0.15, 0.2) is 0 Å². The minimum Gasteiger partial charge on any atom is -0.507 e. The second-order valence-electron chi connectivity index (χ2n) is 4.94. The number of benzene rings is 1. The zero-order valence-corrected chi connectivity index (χ0v) is 13.7. The number of pyridine rings is 1. The Labute approximate surface area is 139 Å². The van der Waals surface area contributed by atoms with E-state index in [-0.39, 0.29) is 18.7 Å². The number of aromatic hydroxyl groups is 1. The summed E-state index contributed by atoms with van der Waals surface area (Å²) in [4.78, 5) is 23.9. The summed E-state index contributed by atoms with van der Waals surface area (Å²) in [5.74, 6) is 0.0784. The van der Waals surface area contributed by atoms with E-state index >= 15 is 0 Å². The van der Waals surface area contributed by atoms with Crippen LogP contribution in [0.15, 0.2) is 35.3 Å². The lowest BCUT2D eigenvalue weighted by atomic mass is 10.1. The molecule has 0 fully saturated rings. The first kappa shape index (κ1) is 17.4. The monoisotopic (exact) mass is 333 g/mol. The van der Waals surface area contributed by atoms with Crippen LogP contribution >= 0.6 is 0 Å². The third-order valence-electron chi connectivity index (χ3n) is 3.43. The minimum absolute atomic E-state index is 0.0658. The Morgan fingerprint density at radius 1 is 1.21 bits per heavy atom. The Morgan fingerprint density at radius 2 is 1.96 bits per heavy atom. The number of methoxy groups -OCH3 is 2. The van der Waals surface area contributed by atoms with Crippen LogP contribution < -0.4 is 15.0 Å². The number of nitrogens with zero attached hydrogens (tertiary/aromatic N) is 1. The molecule has 0 amide bonds. The van der Waals surface area contributed by atoms with Crippen molar-refractivity contribution in [3.8, 4) is 17.2 Å². The normalized spacial score (nSPS) is 10.3. The van der Waals surface area contributed by atoms with Gasteiger partial charge in [0.2, 0.25) is 0 Å². The van der Waals surface area contributed by atoms with Crippen molar-refractivity contribution < 1.29 is 24.1 Å². The van der Waals surface area contributed by atoms with E-state index in [1.165, 1.54) is 17.9 Å². The molecule has 0 aliphatic heterocycles. The maximum absolute atomic E-state index is 12.1. The van der Waals surface area contributed by atoms with E-state index < -0.39 is 17.3 Å².